The molecular formula is C21H19N3O6S. The van der Waals surface area contributed by atoms with Gasteiger partial charge in [0, 0.05) is 23.8 Å². The first kappa shape index (κ1) is 20.6. The van der Waals surface area contributed by atoms with Gasteiger partial charge in [-0.1, -0.05) is 5.16 Å². The first-order chi connectivity index (χ1) is 14.8. The number of aromatic nitrogens is 1. The number of nitrogens with one attached hydrogen (secondary N) is 1. The molecule has 0 amide bonds. The number of rotatable bonds is 7. The normalized spacial score (nSPS) is 13.0. The van der Waals surface area contributed by atoms with Crippen LogP contribution in [0, 0.1) is 13.8 Å². The second-order valence-corrected chi connectivity index (χ2v) is 8.51. The average Bonchev–Trinajstić information content (AvgIpc) is 3.35. The minimum Gasteiger partial charge on any atom is -0.454 e. The van der Waals surface area contributed by atoms with E-state index in [1.807, 2.05) is 0 Å². The molecule has 0 aliphatic carbocycles. The average molecular weight is 441 g/mol. The van der Waals surface area contributed by atoms with Crippen molar-refractivity contribution in [2.45, 2.75) is 25.2 Å². The first-order valence-corrected chi connectivity index (χ1v) is 10.8. The quantitative estimate of drug-likeness (QED) is 0.437. The molecule has 0 spiro atoms. The number of ether oxygens (including phenoxy) is 2. The molecular weight excluding hydrogens is 422 g/mol. The van der Waals surface area contributed by atoms with Crippen molar-refractivity contribution in [3.05, 3.63) is 59.3 Å². The van der Waals surface area contributed by atoms with Gasteiger partial charge >= 0.3 is 0 Å². The molecule has 0 radical (unpaired) electrons. The number of carbonyl (C=O) groups excluding carboxylic acids is 1. The van der Waals surface area contributed by atoms with Crippen LogP contribution in [0.5, 0.6) is 11.5 Å². The molecule has 0 fully saturated rings. The van der Waals surface area contributed by atoms with E-state index in [0.29, 0.717) is 34.0 Å². The third kappa shape index (κ3) is 4.43. The minimum absolute atomic E-state index is 0.0522. The van der Waals surface area contributed by atoms with E-state index in [1.54, 1.807) is 44.2 Å². The van der Waals surface area contributed by atoms with Gasteiger partial charge in [0.05, 0.1) is 16.3 Å². The van der Waals surface area contributed by atoms with Gasteiger partial charge in [-0.05, 0) is 56.3 Å². The van der Waals surface area contributed by atoms with Crippen LogP contribution in [0.15, 0.2) is 56.9 Å². The molecule has 4 rings (SSSR count). The fraction of sp³-hybridized carbons (Fsp3) is 0.190. The number of fused-ring (bicyclic) bond motifs is 1. The summed E-state index contributed by atoms with van der Waals surface area (Å²) in [5, 5.41) is 3.73. The number of aliphatic imine (C=N–C) groups is 1. The molecule has 1 aliphatic heterocycles. The molecule has 160 valence electrons. The lowest BCUT2D eigenvalue weighted by Crippen LogP contribution is -2.13. The maximum absolute atomic E-state index is 12.5. The molecule has 2 heterocycles. The topological polar surface area (TPSA) is 120 Å². The van der Waals surface area contributed by atoms with Crippen LogP contribution < -0.4 is 14.2 Å². The van der Waals surface area contributed by atoms with E-state index in [1.165, 1.54) is 18.3 Å². The number of benzene rings is 2. The molecule has 10 heteroatoms. The summed E-state index contributed by atoms with van der Waals surface area (Å²) in [5.74, 6) is 1.12. The predicted molar refractivity (Wildman–Crippen MR) is 113 cm³/mol. The molecule has 1 aliphatic rings. The summed E-state index contributed by atoms with van der Waals surface area (Å²) in [5.41, 5.74) is 2.25. The van der Waals surface area contributed by atoms with E-state index in [4.69, 9.17) is 14.0 Å². The molecule has 0 saturated carbocycles. The SMILES string of the molecule is Cc1noc(NS(=O)(=O)c2ccc(N=CCC(=O)c3ccc4c(c3)OCO4)cc2)c1C. The second-order valence-electron chi connectivity index (χ2n) is 6.83. The Labute approximate surface area is 178 Å². The molecule has 0 atom stereocenters. The summed E-state index contributed by atoms with van der Waals surface area (Å²) in [6.07, 6.45) is 1.57. The Bertz CT molecular complexity index is 1260. The number of anilines is 1. The molecule has 2 aromatic carbocycles. The van der Waals surface area contributed by atoms with Gasteiger partial charge in [0.25, 0.3) is 10.0 Å². The molecule has 3 aromatic rings. The Hall–Kier alpha value is -3.66. The van der Waals surface area contributed by atoms with Crippen molar-refractivity contribution in [1.29, 1.82) is 0 Å². The Morgan fingerprint density at radius 1 is 1.13 bits per heavy atom. The Kier molecular flexibility index (Phi) is 5.47. The molecule has 1 aromatic heterocycles. The zero-order valence-corrected chi connectivity index (χ0v) is 17.6. The maximum atomic E-state index is 12.5. The molecule has 1 N–H and O–H groups in total. The first-order valence-electron chi connectivity index (χ1n) is 9.34. The van der Waals surface area contributed by atoms with Crippen molar-refractivity contribution < 1.29 is 27.2 Å². The predicted octanol–water partition coefficient (Wildman–Crippen LogP) is 3.80. The number of ketones is 1. The van der Waals surface area contributed by atoms with Crippen molar-refractivity contribution in [2.75, 3.05) is 11.5 Å². The highest BCUT2D eigenvalue weighted by molar-refractivity contribution is 7.92. The van der Waals surface area contributed by atoms with Gasteiger partial charge in [-0.15, -0.1) is 0 Å². The zero-order chi connectivity index (χ0) is 22.0. The highest BCUT2D eigenvalue weighted by Crippen LogP contribution is 2.32. The summed E-state index contributed by atoms with van der Waals surface area (Å²) in [4.78, 5) is 16.6. The van der Waals surface area contributed by atoms with Gasteiger partial charge in [-0.25, -0.2) is 13.1 Å². The third-order valence-electron chi connectivity index (χ3n) is 4.74. The zero-order valence-electron chi connectivity index (χ0n) is 16.8. The number of Topliss-reactive ketones (excluding diaryl/α,β-unsaturated/α-hetero) is 1. The van der Waals surface area contributed by atoms with Crippen LogP contribution in [0.1, 0.15) is 28.0 Å². The maximum Gasteiger partial charge on any atom is 0.264 e. The van der Waals surface area contributed by atoms with Crippen LogP contribution in [0.25, 0.3) is 0 Å². The number of sulfonamides is 1. The Morgan fingerprint density at radius 2 is 1.87 bits per heavy atom. The minimum atomic E-state index is -3.83. The molecule has 0 unspecified atom stereocenters. The Morgan fingerprint density at radius 3 is 2.58 bits per heavy atom. The Balaban J connectivity index is 1.39. The standard InChI is InChI=1S/C21H19N3O6S/c1-13-14(2)23-30-21(13)24-31(26,27)17-6-4-16(5-7-17)22-10-9-18(25)15-3-8-19-20(11-15)29-12-28-19/h3-8,10-11,24H,9,12H2,1-2H3. The molecule has 9 nitrogen and oxygen atoms in total. The van der Waals surface area contributed by atoms with E-state index in [9.17, 15) is 13.2 Å². The lowest BCUT2D eigenvalue weighted by molar-refractivity contribution is 0.100. The van der Waals surface area contributed by atoms with E-state index < -0.39 is 10.0 Å². The van der Waals surface area contributed by atoms with Crippen LogP contribution >= 0.6 is 0 Å². The molecule has 31 heavy (non-hydrogen) atoms. The number of nitrogens with zero attached hydrogens (tertiary/aromatic N) is 2. The summed E-state index contributed by atoms with van der Waals surface area (Å²) in [7, 11) is -3.83. The lowest BCUT2D eigenvalue weighted by Gasteiger charge is -2.06. The van der Waals surface area contributed by atoms with E-state index >= 15 is 0 Å². The molecule has 0 bridgehead atoms. The molecule has 0 saturated heterocycles. The smallest absolute Gasteiger partial charge is 0.264 e. The van der Waals surface area contributed by atoms with Crippen molar-refractivity contribution in [1.82, 2.24) is 5.16 Å². The third-order valence-corrected chi connectivity index (χ3v) is 6.09. The largest absolute Gasteiger partial charge is 0.454 e. The lowest BCUT2D eigenvalue weighted by atomic mass is 10.1. The van der Waals surface area contributed by atoms with Gasteiger partial charge in [-0.2, -0.15) is 0 Å². The summed E-state index contributed by atoms with van der Waals surface area (Å²) in [6, 6.07) is 11.0. The number of hydrogen-bond acceptors (Lipinski definition) is 8. The summed E-state index contributed by atoms with van der Waals surface area (Å²) >= 11 is 0. The van der Waals surface area contributed by atoms with Gasteiger partial charge in [0.15, 0.2) is 17.3 Å². The van der Waals surface area contributed by atoms with Crippen molar-refractivity contribution in [2.24, 2.45) is 4.99 Å². The fourth-order valence-corrected chi connectivity index (χ4v) is 3.87. The van der Waals surface area contributed by atoms with Crippen molar-refractivity contribution in [3.8, 4) is 11.5 Å². The second kappa shape index (κ2) is 8.23. The van der Waals surface area contributed by atoms with E-state index in [2.05, 4.69) is 14.9 Å². The van der Waals surface area contributed by atoms with Gasteiger partial charge in [0.2, 0.25) is 12.7 Å². The fourth-order valence-electron chi connectivity index (χ4n) is 2.82. The van der Waals surface area contributed by atoms with Crippen molar-refractivity contribution >= 4 is 33.6 Å². The van der Waals surface area contributed by atoms with Crippen LogP contribution in [-0.4, -0.2) is 32.4 Å². The highest BCUT2D eigenvalue weighted by atomic mass is 32.2. The summed E-state index contributed by atoms with van der Waals surface area (Å²) in [6.45, 7) is 3.58. The van der Waals surface area contributed by atoms with Gasteiger partial charge in [-0.3, -0.25) is 9.79 Å². The van der Waals surface area contributed by atoms with Crippen LogP contribution in [0.2, 0.25) is 0 Å². The van der Waals surface area contributed by atoms with E-state index in [-0.39, 0.29) is 29.8 Å². The van der Waals surface area contributed by atoms with Crippen LogP contribution in [0.4, 0.5) is 11.6 Å². The number of carbonyl (C=O) groups is 1. The van der Waals surface area contributed by atoms with Crippen LogP contribution in [0.3, 0.4) is 0 Å². The van der Waals surface area contributed by atoms with Gasteiger partial charge in [0.1, 0.15) is 0 Å². The van der Waals surface area contributed by atoms with Crippen molar-refractivity contribution in [3.63, 3.8) is 0 Å². The van der Waals surface area contributed by atoms with Crippen LogP contribution in [-0.2, 0) is 10.0 Å². The van der Waals surface area contributed by atoms with Gasteiger partial charge < -0.3 is 14.0 Å². The highest BCUT2D eigenvalue weighted by Gasteiger charge is 2.19. The monoisotopic (exact) mass is 441 g/mol. The van der Waals surface area contributed by atoms with E-state index in [0.717, 1.165) is 0 Å². The number of aryl methyl sites for hydroxylation is 1. The number of hydrogen-bond donors (Lipinski definition) is 1. The summed E-state index contributed by atoms with van der Waals surface area (Å²) < 4.78 is 42.9.